The van der Waals surface area contributed by atoms with Crippen LogP contribution in [-0.2, 0) is 11.3 Å². The number of halogens is 1. The smallest absolute Gasteiger partial charge is 0.319 e. The van der Waals surface area contributed by atoms with Crippen LogP contribution in [0.4, 0.5) is 14.9 Å². The standard InChI is InChI=1S/C24H28FN5O4/c1-33-19-8-6-18(7-9-19)26-24(32)27-21-11-10-20(34-23(21)15-31)12-13-30-14-22(28-29-30)16-2-4-17(25)5-3-16/h2-9,14,20-21,23,31H,10-13,15H2,1H3,(H2,26,27,32)/t20-,21-,23+/m1/s1. The number of benzene rings is 2. The molecule has 1 aliphatic rings. The van der Waals surface area contributed by atoms with Gasteiger partial charge in [0, 0.05) is 17.8 Å². The molecule has 1 aromatic heterocycles. The third-order valence-electron chi connectivity index (χ3n) is 5.82. The number of aliphatic hydroxyl groups is 1. The number of nitrogens with one attached hydrogen (secondary N) is 2. The molecule has 10 heteroatoms. The molecule has 1 fully saturated rings. The number of aliphatic hydroxyl groups excluding tert-OH is 1. The van der Waals surface area contributed by atoms with Crippen molar-refractivity contribution in [2.24, 2.45) is 0 Å². The van der Waals surface area contributed by atoms with Crippen molar-refractivity contribution in [3.63, 3.8) is 0 Å². The Morgan fingerprint density at radius 3 is 2.68 bits per heavy atom. The SMILES string of the molecule is COc1ccc(NC(=O)N[C@@H]2CC[C@H](CCn3cc(-c4ccc(F)cc4)nn3)O[C@H]2CO)cc1. The van der Waals surface area contributed by atoms with Gasteiger partial charge in [0.2, 0.25) is 0 Å². The molecule has 3 atom stereocenters. The second-order valence-electron chi connectivity index (χ2n) is 8.15. The lowest BCUT2D eigenvalue weighted by Gasteiger charge is -2.36. The lowest BCUT2D eigenvalue weighted by atomic mass is 9.97. The Balaban J connectivity index is 1.25. The molecular formula is C24H28FN5O4. The molecule has 2 heterocycles. The number of hydrogen-bond acceptors (Lipinski definition) is 6. The Labute approximate surface area is 196 Å². The highest BCUT2D eigenvalue weighted by Gasteiger charge is 2.31. The van der Waals surface area contributed by atoms with E-state index in [0.717, 1.165) is 12.0 Å². The summed E-state index contributed by atoms with van der Waals surface area (Å²) in [4.78, 5) is 12.4. The van der Waals surface area contributed by atoms with E-state index in [2.05, 4.69) is 20.9 Å². The van der Waals surface area contributed by atoms with Crippen molar-refractivity contribution in [2.75, 3.05) is 19.0 Å². The van der Waals surface area contributed by atoms with Crippen LogP contribution in [0, 0.1) is 5.82 Å². The minimum absolute atomic E-state index is 0.0710. The second-order valence-corrected chi connectivity index (χ2v) is 8.15. The number of methoxy groups -OCH3 is 1. The molecule has 0 radical (unpaired) electrons. The molecule has 0 saturated carbocycles. The first-order chi connectivity index (χ1) is 16.5. The zero-order valence-corrected chi connectivity index (χ0v) is 18.9. The Kier molecular flexibility index (Phi) is 7.71. The van der Waals surface area contributed by atoms with Gasteiger partial charge in [-0.15, -0.1) is 5.10 Å². The summed E-state index contributed by atoms with van der Waals surface area (Å²) in [7, 11) is 1.58. The molecule has 2 aromatic carbocycles. The van der Waals surface area contributed by atoms with Crippen LogP contribution in [0.15, 0.2) is 54.7 Å². The monoisotopic (exact) mass is 469 g/mol. The van der Waals surface area contributed by atoms with E-state index in [1.807, 2.05) is 6.20 Å². The van der Waals surface area contributed by atoms with Crippen molar-refractivity contribution in [2.45, 2.75) is 44.1 Å². The Hall–Kier alpha value is -3.50. The summed E-state index contributed by atoms with van der Waals surface area (Å²) in [6, 6.07) is 12.5. The average Bonchev–Trinajstić information content (AvgIpc) is 3.33. The summed E-state index contributed by atoms with van der Waals surface area (Å²) in [5.74, 6) is 0.408. The van der Waals surface area contributed by atoms with Crippen molar-refractivity contribution in [3.8, 4) is 17.0 Å². The van der Waals surface area contributed by atoms with E-state index in [1.165, 1.54) is 12.1 Å². The van der Waals surface area contributed by atoms with Crippen LogP contribution in [0.25, 0.3) is 11.3 Å². The molecule has 0 unspecified atom stereocenters. The zero-order chi connectivity index (χ0) is 23.9. The maximum absolute atomic E-state index is 13.1. The maximum atomic E-state index is 13.1. The van der Waals surface area contributed by atoms with Crippen molar-refractivity contribution in [1.82, 2.24) is 20.3 Å². The van der Waals surface area contributed by atoms with Crippen molar-refractivity contribution >= 4 is 11.7 Å². The largest absolute Gasteiger partial charge is 0.497 e. The highest BCUT2D eigenvalue weighted by atomic mass is 19.1. The molecular weight excluding hydrogens is 441 g/mol. The Morgan fingerprint density at radius 1 is 1.21 bits per heavy atom. The van der Waals surface area contributed by atoms with Gasteiger partial charge < -0.3 is 25.2 Å². The lowest BCUT2D eigenvalue weighted by Crippen LogP contribution is -2.52. The van der Waals surface area contributed by atoms with E-state index in [-0.39, 0.29) is 30.6 Å². The van der Waals surface area contributed by atoms with Gasteiger partial charge in [0.1, 0.15) is 23.4 Å². The van der Waals surface area contributed by atoms with Crippen molar-refractivity contribution < 1.29 is 23.8 Å². The molecule has 180 valence electrons. The van der Waals surface area contributed by atoms with Gasteiger partial charge in [0.25, 0.3) is 0 Å². The van der Waals surface area contributed by atoms with Gasteiger partial charge in [0.15, 0.2) is 0 Å². The molecule has 3 N–H and O–H groups in total. The summed E-state index contributed by atoms with van der Waals surface area (Å²) in [6.07, 6.45) is 3.36. The molecule has 4 rings (SSSR count). The first-order valence-electron chi connectivity index (χ1n) is 11.2. The van der Waals surface area contributed by atoms with E-state index in [9.17, 15) is 14.3 Å². The number of anilines is 1. The summed E-state index contributed by atoms with van der Waals surface area (Å²) in [5, 5.41) is 23.8. The number of hydrogen-bond donors (Lipinski definition) is 3. The first kappa shape index (κ1) is 23.7. The van der Waals surface area contributed by atoms with Gasteiger partial charge in [-0.05, 0) is 67.8 Å². The quantitative estimate of drug-likeness (QED) is 0.467. The van der Waals surface area contributed by atoms with E-state index in [1.54, 1.807) is 48.2 Å². The molecule has 0 bridgehead atoms. The lowest BCUT2D eigenvalue weighted by molar-refractivity contribution is -0.0905. The average molecular weight is 470 g/mol. The molecule has 2 amide bonds. The highest BCUT2D eigenvalue weighted by Crippen LogP contribution is 2.23. The predicted molar refractivity (Wildman–Crippen MR) is 124 cm³/mol. The van der Waals surface area contributed by atoms with E-state index in [4.69, 9.17) is 9.47 Å². The van der Waals surface area contributed by atoms with Gasteiger partial charge in [-0.3, -0.25) is 4.68 Å². The van der Waals surface area contributed by atoms with Crippen LogP contribution in [0.2, 0.25) is 0 Å². The fraction of sp³-hybridized carbons (Fsp3) is 0.375. The van der Waals surface area contributed by atoms with Crippen molar-refractivity contribution in [3.05, 3.63) is 60.5 Å². The van der Waals surface area contributed by atoms with Crippen LogP contribution in [0.5, 0.6) is 5.75 Å². The van der Waals surface area contributed by atoms with Crippen molar-refractivity contribution in [1.29, 1.82) is 0 Å². The first-order valence-corrected chi connectivity index (χ1v) is 11.2. The fourth-order valence-electron chi connectivity index (χ4n) is 3.96. The normalized spacial score (nSPS) is 20.0. The van der Waals surface area contributed by atoms with Gasteiger partial charge in [0.05, 0.1) is 32.1 Å². The third kappa shape index (κ3) is 6.09. The molecule has 34 heavy (non-hydrogen) atoms. The molecule has 1 saturated heterocycles. The summed E-state index contributed by atoms with van der Waals surface area (Å²) < 4.78 is 26.0. The number of carbonyl (C=O) groups is 1. The minimum Gasteiger partial charge on any atom is -0.497 e. The third-order valence-corrected chi connectivity index (χ3v) is 5.82. The minimum atomic E-state index is -0.495. The number of carbonyl (C=O) groups excluding carboxylic acids is 1. The highest BCUT2D eigenvalue weighted by molar-refractivity contribution is 5.89. The number of rotatable bonds is 8. The zero-order valence-electron chi connectivity index (χ0n) is 18.9. The van der Waals surface area contributed by atoms with Crippen LogP contribution < -0.4 is 15.4 Å². The number of urea groups is 1. The van der Waals surface area contributed by atoms with Gasteiger partial charge in [-0.1, -0.05) is 5.21 Å². The van der Waals surface area contributed by atoms with E-state index < -0.39 is 6.10 Å². The van der Waals surface area contributed by atoms with Gasteiger partial charge in [-0.25, -0.2) is 9.18 Å². The van der Waals surface area contributed by atoms with Crippen LogP contribution in [0.1, 0.15) is 19.3 Å². The molecule has 3 aromatic rings. The maximum Gasteiger partial charge on any atom is 0.319 e. The topological polar surface area (TPSA) is 111 Å². The predicted octanol–water partition coefficient (Wildman–Crippen LogP) is 3.21. The molecule has 9 nitrogen and oxygen atoms in total. The van der Waals surface area contributed by atoms with Crippen LogP contribution in [0.3, 0.4) is 0 Å². The number of amides is 2. The number of ether oxygens (including phenoxy) is 2. The molecule has 0 aliphatic carbocycles. The van der Waals surface area contributed by atoms with Crippen LogP contribution in [-0.4, -0.2) is 58.1 Å². The summed E-state index contributed by atoms with van der Waals surface area (Å²) >= 11 is 0. The second kappa shape index (κ2) is 11.1. The number of aromatic nitrogens is 3. The number of nitrogens with zero attached hydrogens (tertiary/aromatic N) is 3. The van der Waals surface area contributed by atoms with E-state index >= 15 is 0 Å². The summed E-state index contributed by atoms with van der Waals surface area (Å²) in [5.41, 5.74) is 2.11. The summed E-state index contributed by atoms with van der Waals surface area (Å²) in [6.45, 7) is 0.398. The van der Waals surface area contributed by atoms with Crippen LogP contribution >= 0.6 is 0 Å². The van der Waals surface area contributed by atoms with E-state index in [0.29, 0.717) is 36.5 Å². The molecule has 1 aliphatic heterocycles. The number of aryl methyl sites for hydroxylation is 1. The Bertz CT molecular complexity index is 1070. The molecule has 0 spiro atoms. The van der Waals surface area contributed by atoms with Gasteiger partial charge in [-0.2, -0.15) is 0 Å². The Morgan fingerprint density at radius 2 is 1.97 bits per heavy atom. The van der Waals surface area contributed by atoms with Gasteiger partial charge >= 0.3 is 6.03 Å². The fourth-order valence-corrected chi connectivity index (χ4v) is 3.96.